The van der Waals surface area contributed by atoms with Crippen LogP contribution in [-0.2, 0) is 6.42 Å². The predicted molar refractivity (Wildman–Crippen MR) is 102 cm³/mol. The zero-order valence-corrected chi connectivity index (χ0v) is 14.7. The zero-order valence-electron chi connectivity index (χ0n) is 14.7. The van der Waals surface area contributed by atoms with Gasteiger partial charge in [-0.2, -0.15) is 0 Å². The van der Waals surface area contributed by atoms with E-state index < -0.39 is 0 Å². The maximum absolute atomic E-state index is 13.0. The van der Waals surface area contributed by atoms with Gasteiger partial charge < -0.3 is 9.88 Å². The monoisotopic (exact) mass is 332 g/mol. The number of benzene rings is 2. The number of carbonyl (C=O) groups is 1. The van der Waals surface area contributed by atoms with Gasteiger partial charge in [0.15, 0.2) is 0 Å². The molecule has 0 atom stereocenters. The molecule has 0 radical (unpaired) electrons. The van der Waals surface area contributed by atoms with E-state index in [2.05, 4.69) is 54.4 Å². The number of piperidine rings is 1. The van der Waals surface area contributed by atoms with E-state index in [1.807, 2.05) is 17.2 Å². The van der Waals surface area contributed by atoms with Crippen LogP contribution in [0, 0.1) is 12.8 Å². The summed E-state index contributed by atoms with van der Waals surface area (Å²) in [6.45, 7) is 3.78. The Bertz CT molecular complexity index is 873. The number of hydrogen-bond acceptors (Lipinski definition) is 1. The molecule has 0 saturated carbocycles. The second-order valence-electron chi connectivity index (χ2n) is 7.18. The molecular formula is C22H24N2O. The van der Waals surface area contributed by atoms with Gasteiger partial charge in [-0.15, -0.1) is 0 Å². The fourth-order valence-corrected chi connectivity index (χ4v) is 3.87. The Balaban J connectivity index is 1.43. The molecule has 25 heavy (non-hydrogen) atoms. The van der Waals surface area contributed by atoms with E-state index >= 15 is 0 Å². The minimum Gasteiger partial charge on any atom is -0.360 e. The van der Waals surface area contributed by atoms with Crippen LogP contribution in [0.3, 0.4) is 0 Å². The standard InChI is InChI=1S/C22H24N2O/c1-16-7-8-21-19(13-16)20(15-23-21)22(25)24-11-9-18(10-12-24)14-17-5-3-2-4-6-17/h2-8,13,15,18,23H,9-12,14H2,1H3. The van der Waals surface area contributed by atoms with Crippen LogP contribution in [0.5, 0.6) is 0 Å². The highest BCUT2D eigenvalue weighted by atomic mass is 16.2. The van der Waals surface area contributed by atoms with Gasteiger partial charge in [0.1, 0.15) is 0 Å². The molecule has 2 aromatic carbocycles. The Morgan fingerprint density at radius 1 is 1.12 bits per heavy atom. The highest BCUT2D eigenvalue weighted by Gasteiger charge is 2.25. The zero-order chi connectivity index (χ0) is 17.2. The number of nitrogens with zero attached hydrogens (tertiary/aromatic N) is 1. The number of aromatic nitrogens is 1. The summed E-state index contributed by atoms with van der Waals surface area (Å²) in [5.74, 6) is 0.840. The quantitative estimate of drug-likeness (QED) is 0.749. The first-order valence-electron chi connectivity index (χ1n) is 9.11. The lowest BCUT2D eigenvalue weighted by atomic mass is 9.90. The molecule has 0 aliphatic carbocycles. The van der Waals surface area contributed by atoms with Gasteiger partial charge in [0.25, 0.3) is 5.91 Å². The van der Waals surface area contributed by atoms with Gasteiger partial charge >= 0.3 is 0 Å². The number of aromatic amines is 1. The first kappa shape index (κ1) is 15.9. The number of H-pyrrole nitrogens is 1. The molecule has 3 nitrogen and oxygen atoms in total. The molecule has 0 spiro atoms. The molecule has 1 N–H and O–H groups in total. The van der Waals surface area contributed by atoms with Gasteiger partial charge in [0.05, 0.1) is 5.56 Å². The van der Waals surface area contributed by atoms with Gasteiger partial charge in [-0.25, -0.2) is 0 Å². The lowest BCUT2D eigenvalue weighted by molar-refractivity contribution is 0.0692. The van der Waals surface area contributed by atoms with Gasteiger partial charge in [-0.05, 0) is 49.8 Å². The number of likely N-dealkylation sites (tertiary alicyclic amines) is 1. The van der Waals surface area contributed by atoms with E-state index in [-0.39, 0.29) is 5.91 Å². The number of hydrogen-bond donors (Lipinski definition) is 1. The lowest BCUT2D eigenvalue weighted by Crippen LogP contribution is -2.38. The van der Waals surface area contributed by atoms with Crippen molar-refractivity contribution in [1.82, 2.24) is 9.88 Å². The molecule has 128 valence electrons. The summed E-state index contributed by atoms with van der Waals surface area (Å²) in [6, 6.07) is 16.9. The summed E-state index contributed by atoms with van der Waals surface area (Å²) in [5, 5.41) is 1.04. The minimum atomic E-state index is 0.162. The van der Waals surface area contributed by atoms with E-state index in [4.69, 9.17) is 0 Å². The summed E-state index contributed by atoms with van der Waals surface area (Å²) in [4.78, 5) is 18.2. The van der Waals surface area contributed by atoms with Gasteiger partial charge in [0, 0.05) is 30.2 Å². The largest absolute Gasteiger partial charge is 0.360 e. The van der Waals surface area contributed by atoms with E-state index in [0.29, 0.717) is 5.92 Å². The second-order valence-corrected chi connectivity index (χ2v) is 7.18. The van der Waals surface area contributed by atoms with Crippen LogP contribution in [-0.4, -0.2) is 28.9 Å². The number of rotatable bonds is 3. The average Bonchev–Trinajstić information content (AvgIpc) is 3.05. The summed E-state index contributed by atoms with van der Waals surface area (Å²) < 4.78 is 0. The predicted octanol–water partition coefficient (Wildman–Crippen LogP) is 4.57. The van der Waals surface area contributed by atoms with Crippen molar-refractivity contribution in [2.75, 3.05) is 13.1 Å². The number of amides is 1. The van der Waals surface area contributed by atoms with Crippen LogP contribution in [0.2, 0.25) is 0 Å². The van der Waals surface area contributed by atoms with Gasteiger partial charge in [0.2, 0.25) is 0 Å². The molecule has 2 heterocycles. The molecule has 1 amide bonds. The Hall–Kier alpha value is -2.55. The van der Waals surface area contributed by atoms with Gasteiger partial charge in [-0.1, -0.05) is 42.0 Å². The Morgan fingerprint density at radius 3 is 2.64 bits per heavy atom. The van der Waals surface area contributed by atoms with Crippen molar-refractivity contribution in [3.8, 4) is 0 Å². The van der Waals surface area contributed by atoms with Crippen LogP contribution in [0.25, 0.3) is 10.9 Å². The molecule has 1 aromatic heterocycles. The number of carbonyl (C=O) groups excluding carboxylic acids is 1. The van der Waals surface area contributed by atoms with Crippen molar-refractivity contribution < 1.29 is 4.79 Å². The molecule has 1 saturated heterocycles. The second kappa shape index (κ2) is 6.75. The molecule has 3 aromatic rings. The third-order valence-corrected chi connectivity index (χ3v) is 5.34. The Morgan fingerprint density at radius 2 is 1.88 bits per heavy atom. The Labute approximate surface area is 148 Å². The van der Waals surface area contributed by atoms with E-state index in [1.54, 1.807) is 0 Å². The molecular weight excluding hydrogens is 308 g/mol. The summed E-state index contributed by atoms with van der Waals surface area (Å²) in [7, 11) is 0. The van der Waals surface area contributed by atoms with Crippen molar-refractivity contribution >= 4 is 16.8 Å². The van der Waals surface area contributed by atoms with Crippen LogP contribution in [0.15, 0.2) is 54.7 Å². The molecule has 1 fully saturated rings. The van der Waals surface area contributed by atoms with E-state index in [1.165, 1.54) is 11.1 Å². The number of nitrogens with one attached hydrogen (secondary N) is 1. The fourth-order valence-electron chi connectivity index (χ4n) is 3.87. The summed E-state index contributed by atoms with van der Waals surface area (Å²) >= 11 is 0. The van der Waals surface area contributed by atoms with Crippen molar-refractivity contribution in [3.05, 3.63) is 71.4 Å². The minimum absolute atomic E-state index is 0.162. The molecule has 1 aliphatic rings. The third kappa shape index (κ3) is 3.32. The van der Waals surface area contributed by atoms with Crippen molar-refractivity contribution in [1.29, 1.82) is 0 Å². The average molecular weight is 332 g/mol. The first-order chi connectivity index (χ1) is 12.2. The SMILES string of the molecule is Cc1ccc2[nH]cc(C(=O)N3CCC(Cc4ccccc4)CC3)c2c1. The lowest BCUT2D eigenvalue weighted by Gasteiger charge is -2.32. The summed E-state index contributed by atoms with van der Waals surface area (Å²) in [6.07, 6.45) is 5.15. The summed E-state index contributed by atoms with van der Waals surface area (Å²) in [5.41, 5.74) is 4.43. The highest BCUT2D eigenvalue weighted by molar-refractivity contribution is 6.06. The van der Waals surface area contributed by atoms with Crippen LogP contribution in [0.4, 0.5) is 0 Å². The molecule has 3 heteroatoms. The van der Waals surface area contributed by atoms with Crippen LogP contribution < -0.4 is 0 Å². The normalized spacial score (nSPS) is 15.6. The van der Waals surface area contributed by atoms with E-state index in [9.17, 15) is 4.79 Å². The van der Waals surface area contributed by atoms with E-state index in [0.717, 1.165) is 48.8 Å². The molecule has 1 aliphatic heterocycles. The molecule has 0 bridgehead atoms. The number of fused-ring (bicyclic) bond motifs is 1. The maximum atomic E-state index is 13.0. The molecule has 4 rings (SSSR count). The van der Waals surface area contributed by atoms with Crippen molar-refractivity contribution in [3.63, 3.8) is 0 Å². The highest BCUT2D eigenvalue weighted by Crippen LogP contribution is 2.25. The fraction of sp³-hybridized carbons (Fsp3) is 0.318. The Kier molecular flexibility index (Phi) is 4.31. The maximum Gasteiger partial charge on any atom is 0.256 e. The van der Waals surface area contributed by atoms with Crippen LogP contribution >= 0.6 is 0 Å². The smallest absolute Gasteiger partial charge is 0.256 e. The van der Waals surface area contributed by atoms with Crippen molar-refractivity contribution in [2.24, 2.45) is 5.92 Å². The molecule has 0 unspecified atom stereocenters. The number of aryl methyl sites for hydroxylation is 1. The third-order valence-electron chi connectivity index (χ3n) is 5.34. The van der Waals surface area contributed by atoms with Crippen molar-refractivity contribution in [2.45, 2.75) is 26.2 Å². The van der Waals surface area contributed by atoms with Crippen LogP contribution in [0.1, 0.15) is 34.3 Å². The topological polar surface area (TPSA) is 36.1 Å². The first-order valence-corrected chi connectivity index (χ1v) is 9.11. The van der Waals surface area contributed by atoms with Gasteiger partial charge in [-0.3, -0.25) is 4.79 Å².